The molecule has 3 rings (SSSR count). The molecule has 2 aromatic carbocycles. The summed E-state index contributed by atoms with van der Waals surface area (Å²) < 4.78 is 0. The molecule has 4 nitrogen and oxygen atoms in total. The summed E-state index contributed by atoms with van der Waals surface area (Å²) >= 11 is 0. The molecule has 0 radical (unpaired) electrons. The maximum Gasteiger partial charge on any atom is 0.327 e. The Labute approximate surface area is 123 Å². The highest BCUT2D eigenvalue weighted by molar-refractivity contribution is 6.05. The molecule has 0 saturated carbocycles. The maximum atomic E-state index is 12.4. The number of carbonyl (C=O) groups is 2. The highest BCUT2D eigenvalue weighted by Crippen LogP contribution is 2.16. The highest BCUT2D eigenvalue weighted by atomic mass is 16.2. The van der Waals surface area contributed by atoms with Crippen LogP contribution in [-0.4, -0.2) is 34.8 Å². The van der Waals surface area contributed by atoms with Crippen molar-refractivity contribution in [3.8, 4) is 0 Å². The summed E-state index contributed by atoms with van der Waals surface area (Å²) in [6.45, 7) is 1.56. The lowest BCUT2D eigenvalue weighted by atomic mass is 10.2. The Bertz CT molecular complexity index is 640. The predicted molar refractivity (Wildman–Crippen MR) is 79.7 cm³/mol. The Balaban J connectivity index is 1.71. The minimum absolute atomic E-state index is 0.215. The van der Waals surface area contributed by atoms with Gasteiger partial charge in [-0.15, -0.1) is 0 Å². The van der Waals surface area contributed by atoms with Crippen molar-refractivity contribution in [2.45, 2.75) is 6.54 Å². The van der Waals surface area contributed by atoms with Gasteiger partial charge in [0.1, 0.15) is 0 Å². The Hall–Kier alpha value is -2.62. The van der Waals surface area contributed by atoms with E-state index in [1.165, 1.54) is 4.90 Å². The number of imide groups is 1. The van der Waals surface area contributed by atoms with Gasteiger partial charge in [0.2, 0.25) is 0 Å². The Morgan fingerprint density at radius 2 is 1.52 bits per heavy atom. The molecular weight excluding hydrogens is 264 g/mol. The molecule has 2 aromatic rings. The van der Waals surface area contributed by atoms with E-state index in [0.29, 0.717) is 25.2 Å². The first-order valence-corrected chi connectivity index (χ1v) is 6.95. The van der Waals surface area contributed by atoms with E-state index in [2.05, 4.69) is 0 Å². The van der Waals surface area contributed by atoms with E-state index in [1.807, 2.05) is 36.4 Å². The molecule has 0 unspecified atom stereocenters. The summed E-state index contributed by atoms with van der Waals surface area (Å²) in [5, 5.41) is 0. The van der Waals surface area contributed by atoms with E-state index in [9.17, 15) is 9.59 Å². The Morgan fingerprint density at radius 3 is 2.19 bits per heavy atom. The molecule has 3 amide bonds. The van der Waals surface area contributed by atoms with Crippen molar-refractivity contribution in [2.24, 2.45) is 0 Å². The van der Waals surface area contributed by atoms with Gasteiger partial charge in [0.15, 0.2) is 0 Å². The van der Waals surface area contributed by atoms with Gasteiger partial charge < -0.3 is 4.90 Å². The van der Waals surface area contributed by atoms with E-state index in [-0.39, 0.29) is 11.9 Å². The lowest BCUT2D eigenvalue weighted by Gasteiger charge is -2.17. The van der Waals surface area contributed by atoms with Crippen LogP contribution >= 0.6 is 0 Å². The van der Waals surface area contributed by atoms with E-state index in [4.69, 9.17) is 0 Å². The van der Waals surface area contributed by atoms with Gasteiger partial charge in [-0.2, -0.15) is 0 Å². The first kappa shape index (κ1) is 13.4. The topological polar surface area (TPSA) is 40.6 Å². The standard InChI is InChI=1S/C17H16N2O2/c20-16(15-9-5-2-6-10-15)19-12-11-18(17(19)21)13-14-7-3-1-4-8-14/h1-10H,11-13H2. The third-order valence-electron chi connectivity index (χ3n) is 3.58. The van der Waals surface area contributed by atoms with Crippen LogP contribution < -0.4 is 0 Å². The molecule has 0 aromatic heterocycles. The van der Waals surface area contributed by atoms with Crippen LogP contribution in [0.1, 0.15) is 15.9 Å². The SMILES string of the molecule is O=C(c1ccccc1)N1CCN(Cc2ccccc2)C1=O. The molecule has 21 heavy (non-hydrogen) atoms. The van der Waals surface area contributed by atoms with Crippen LogP contribution in [0.2, 0.25) is 0 Å². The third-order valence-corrected chi connectivity index (χ3v) is 3.58. The summed E-state index contributed by atoms with van der Waals surface area (Å²) in [5.41, 5.74) is 1.62. The van der Waals surface area contributed by atoms with E-state index >= 15 is 0 Å². The Kier molecular flexibility index (Phi) is 3.69. The largest absolute Gasteiger partial charge is 0.327 e. The first-order chi connectivity index (χ1) is 10.3. The fourth-order valence-corrected chi connectivity index (χ4v) is 2.46. The summed E-state index contributed by atoms with van der Waals surface area (Å²) in [7, 11) is 0. The van der Waals surface area contributed by atoms with Crippen molar-refractivity contribution in [2.75, 3.05) is 13.1 Å². The molecule has 4 heteroatoms. The molecule has 1 aliphatic heterocycles. The zero-order chi connectivity index (χ0) is 14.7. The number of nitrogens with zero attached hydrogens (tertiary/aromatic N) is 2. The third kappa shape index (κ3) is 2.79. The smallest absolute Gasteiger partial charge is 0.318 e. The van der Waals surface area contributed by atoms with Crippen molar-refractivity contribution in [3.05, 3.63) is 71.8 Å². The lowest BCUT2D eigenvalue weighted by Crippen LogP contribution is -2.36. The molecule has 1 heterocycles. The van der Waals surface area contributed by atoms with Crippen molar-refractivity contribution >= 4 is 11.9 Å². The van der Waals surface area contributed by atoms with Crippen LogP contribution in [0.15, 0.2) is 60.7 Å². The lowest BCUT2D eigenvalue weighted by molar-refractivity contribution is 0.0822. The average molecular weight is 280 g/mol. The number of urea groups is 1. The fraction of sp³-hybridized carbons (Fsp3) is 0.176. The van der Waals surface area contributed by atoms with E-state index < -0.39 is 0 Å². The van der Waals surface area contributed by atoms with Gasteiger partial charge in [-0.05, 0) is 17.7 Å². The normalized spacial score (nSPS) is 14.6. The number of benzene rings is 2. The molecule has 0 bridgehead atoms. The van der Waals surface area contributed by atoms with Crippen molar-refractivity contribution in [1.82, 2.24) is 9.80 Å². The molecule has 1 aliphatic rings. The molecule has 0 N–H and O–H groups in total. The summed E-state index contributed by atoms with van der Waals surface area (Å²) in [5.74, 6) is -0.226. The van der Waals surface area contributed by atoms with Crippen LogP contribution in [0.25, 0.3) is 0 Å². The van der Waals surface area contributed by atoms with Crippen LogP contribution in [0.3, 0.4) is 0 Å². The maximum absolute atomic E-state index is 12.4. The van der Waals surface area contributed by atoms with Gasteiger partial charge >= 0.3 is 6.03 Å². The monoisotopic (exact) mass is 280 g/mol. The first-order valence-electron chi connectivity index (χ1n) is 6.95. The fourth-order valence-electron chi connectivity index (χ4n) is 2.46. The molecular formula is C17H16N2O2. The van der Waals surface area contributed by atoms with Crippen molar-refractivity contribution in [3.63, 3.8) is 0 Å². The van der Waals surface area contributed by atoms with Crippen LogP contribution in [0.5, 0.6) is 0 Å². The number of hydrogen-bond donors (Lipinski definition) is 0. The van der Waals surface area contributed by atoms with Crippen molar-refractivity contribution in [1.29, 1.82) is 0 Å². The second-order valence-corrected chi connectivity index (χ2v) is 5.01. The number of hydrogen-bond acceptors (Lipinski definition) is 2. The number of amides is 3. The van der Waals surface area contributed by atoms with Gasteiger partial charge in [0.25, 0.3) is 5.91 Å². The molecule has 0 atom stereocenters. The van der Waals surface area contributed by atoms with Gasteiger partial charge in [0, 0.05) is 25.2 Å². The summed E-state index contributed by atoms with van der Waals surface area (Å²) in [6, 6.07) is 18.5. The predicted octanol–water partition coefficient (Wildman–Crippen LogP) is 2.76. The average Bonchev–Trinajstić information content (AvgIpc) is 2.89. The second-order valence-electron chi connectivity index (χ2n) is 5.01. The van der Waals surface area contributed by atoms with E-state index in [1.54, 1.807) is 29.2 Å². The second kappa shape index (κ2) is 5.79. The molecule has 106 valence electrons. The minimum Gasteiger partial charge on any atom is -0.318 e. The molecule has 1 fully saturated rings. The number of rotatable bonds is 3. The zero-order valence-corrected chi connectivity index (χ0v) is 11.6. The van der Waals surface area contributed by atoms with E-state index in [0.717, 1.165) is 5.56 Å². The van der Waals surface area contributed by atoms with Gasteiger partial charge in [-0.1, -0.05) is 48.5 Å². The summed E-state index contributed by atoms with van der Waals surface area (Å²) in [4.78, 5) is 27.7. The minimum atomic E-state index is -0.226. The van der Waals surface area contributed by atoms with Crippen LogP contribution in [0.4, 0.5) is 4.79 Å². The molecule has 1 saturated heterocycles. The quantitative estimate of drug-likeness (QED) is 0.867. The summed E-state index contributed by atoms with van der Waals surface area (Å²) in [6.07, 6.45) is 0. The van der Waals surface area contributed by atoms with Gasteiger partial charge in [0.05, 0.1) is 0 Å². The number of carbonyl (C=O) groups excluding carboxylic acids is 2. The van der Waals surface area contributed by atoms with Gasteiger partial charge in [-0.25, -0.2) is 4.79 Å². The van der Waals surface area contributed by atoms with Gasteiger partial charge in [-0.3, -0.25) is 9.69 Å². The van der Waals surface area contributed by atoms with Crippen LogP contribution in [0, 0.1) is 0 Å². The molecule has 0 spiro atoms. The highest BCUT2D eigenvalue weighted by Gasteiger charge is 2.33. The van der Waals surface area contributed by atoms with Crippen LogP contribution in [-0.2, 0) is 6.54 Å². The zero-order valence-electron chi connectivity index (χ0n) is 11.6. The Morgan fingerprint density at radius 1 is 0.905 bits per heavy atom. The molecule has 0 aliphatic carbocycles. The van der Waals surface area contributed by atoms with Crippen molar-refractivity contribution < 1.29 is 9.59 Å².